The van der Waals surface area contributed by atoms with E-state index in [-0.39, 0.29) is 11.7 Å². The summed E-state index contributed by atoms with van der Waals surface area (Å²) in [6, 6.07) is 0. The second-order valence-corrected chi connectivity index (χ2v) is 4.78. The van der Waals surface area contributed by atoms with Gasteiger partial charge in [0.05, 0.1) is 17.3 Å². The lowest BCUT2D eigenvalue weighted by Crippen LogP contribution is -2.43. The molecule has 80 valence electrons. The molecule has 2 nitrogen and oxygen atoms in total. The fourth-order valence-electron chi connectivity index (χ4n) is 1.20. The highest BCUT2D eigenvalue weighted by Gasteiger charge is 2.31. The Morgan fingerprint density at radius 2 is 1.62 bits per heavy atom. The molecule has 0 aliphatic heterocycles. The van der Waals surface area contributed by atoms with Crippen LogP contribution in [-0.4, -0.2) is 22.4 Å². The molecule has 13 heavy (non-hydrogen) atoms. The third-order valence-electron chi connectivity index (χ3n) is 2.47. The fraction of sp³-hybridized carbons (Fsp3) is 1.00. The molecule has 0 aliphatic rings. The van der Waals surface area contributed by atoms with Gasteiger partial charge in [-0.05, 0) is 40.5 Å². The third kappa shape index (κ3) is 4.63. The minimum Gasteiger partial charge on any atom is -0.388 e. The molecule has 0 fully saturated rings. The highest BCUT2D eigenvalue weighted by atomic mass is 16.5. The maximum absolute atomic E-state index is 9.81. The molecule has 0 amide bonds. The molecule has 1 N–H and O–H groups in total. The zero-order chi connectivity index (χ0) is 10.7. The zero-order valence-electron chi connectivity index (χ0n) is 9.85. The average molecular weight is 188 g/mol. The van der Waals surface area contributed by atoms with Gasteiger partial charge in [-0.2, -0.15) is 0 Å². The first-order valence-corrected chi connectivity index (χ1v) is 5.13. The van der Waals surface area contributed by atoms with Crippen molar-refractivity contribution in [2.24, 2.45) is 0 Å². The van der Waals surface area contributed by atoms with Gasteiger partial charge in [0, 0.05) is 0 Å². The molecule has 0 spiro atoms. The fourth-order valence-corrected chi connectivity index (χ4v) is 1.20. The van der Waals surface area contributed by atoms with Gasteiger partial charge in [0.15, 0.2) is 0 Å². The van der Waals surface area contributed by atoms with Crippen molar-refractivity contribution < 1.29 is 9.84 Å². The highest BCUT2D eigenvalue weighted by Crippen LogP contribution is 2.24. The summed E-state index contributed by atoms with van der Waals surface area (Å²) in [4.78, 5) is 0. The minimum absolute atomic E-state index is 0.0811. The maximum atomic E-state index is 9.81. The van der Waals surface area contributed by atoms with Gasteiger partial charge in [0.1, 0.15) is 0 Å². The molecule has 1 unspecified atom stereocenters. The van der Waals surface area contributed by atoms with Gasteiger partial charge in [0.25, 0.3) is 0 Å². The number of hydrogen-bond acceptors (Lipinski definition) is 2. The van der Waals surface area contributed by atoms with E-state index in [0.29, 0.717) is 0 Å². The third-order valence-corrected chi connectivity index (χ3v) is 2.47. The van der Waals surface area contributed by atoms with Crippen molar-refractivity contribution >= 4 is 0 Å². The average Bonchev–Trinajstić information content (AvgIpc) is 1.98. The summed E-state index contributed by atoms with van der Waals surface area (Å²) >= 11 is 0. The van der Waals surface area contributed by atoms with Crippen molar-refractivity contribution in [2.45, 2.75) is 71.7 Å². The Hall–Kier alpha value is -0.0800. The molecule has 0 radical (unpaired) electrons. The number of aliphatic hydroxyl groups is 1. The highest BCUT2D eigenvalue weighted by molar-refractivity contribution is 4.80. The largest absolute Gasteiger partial charge is 0.388 e. The second kappa shape index (κ2) is 4.43. The molecule has 0 heterocycles. The SMILES string of the molecule is CCC(OC(C)(C)CC)C(C)(C)O. The Morgan fingerprint density at radius 1 is 1.15 bits per heavy atom. The van der Waals surface area contributed by atoms with Gasteiger partial charge >= 0.3 is 0 Å². The Balaban J connectivity index is 4.30. The lowest BCUT2D eigenvalue weighted by molar-refractivity contribution is -0.152. The van der Waals surface area contributed by atoms with E-state index < -0.39 is 5.60 Å². The Morgan fingerprint density at radius 3 is 1.85 bits per heavy atom. The molecule has 0 rings (SSSR count). The molecular formula is C11H24O2. The molecule has 0 aromatic heterocycles. The van der Waals surface area contributed by atoms with Crippen molar-refractivity contribution in [3.8, 4) is 0 Å². The Kier molecular flexibility index (Phi) is 4.40. The number of hydrogen-bond donors (Lipinski definition) is 1. The van der Waals surface area contributed by atoms with E-state index >= 15 is 0 Å². The van der Waals surface area contributed by atoms with E-state index in [1.807, 2.05) is 6.92 Å². The predicted octanol–water partition coefficient (Wildman–Crippen LogP) is 2.74. The van der Waals surface area contributed by atoms with Crippen LogP contribution in [0.15, 0.2) is 0 Å². The monoisotopic (exact) mass is 188 g/mol. The van der Waals surface area contributed by atoms with Gasteiger partial charge in [-0.25, -0.2) is 0 Å². The molecule has 0 aliphatic carbocycles. The smallest absolute Gasteiger partial charge is 0.0861 e. The maximum Gasteiger partial charge on any atom is 0.0861 e. The molecule has 0 saturated carbocycles. The summed E-state index contributed by atoms with van der Waals surface area (Å²) in [5.74, 6) is 0. The normalized spacial score (nSPS) is 15.9. The van der Waals surface area contributed by atoms with Crippen molar-refractivity contribution in [1.29, 1.82) is 0 Å². The van der Waals surface area contributed by atoms with E-state index in [0.717, 1.165) is 12.8 Å². The van der Waals surface area contributed by atoms with Crippen LogP contribution in [0.4, 0.5) is 0 Å². The molecule has 0 saturated heterocycles. The van der Waals surface area contributed by atoms with Crippen molar-refractivity contribution in [3.63, 3.8) is 0 Å². The summed E-state index contributed by atoms with van der Waals surface area (Å²) in [7, 11) is 0. The van der Waals surface area contributed by atoms with Gasteiger partial charge in [0.2, 0.25) is 0 Å². The number of rotatable bonds is 5. The van der Waals surface area contributed by atoms with Crippen LogP contribution in [-0.2, 0) is 4.74 Å². The second-order valence-electron chi connectivity index (χ2n) is 4.78. The van der Waals surface area contributed by atoms with Crippen LogP contribution in [0.1, 0.15) is 54.4 Å². The van der Waals surface area contributed by atoms with Crippen LogP contribution < -0.4 is 0 Å². The summed E-state index contributed by atoms with van der Waals surface area (Å²) in [5, 5.41) is 9.81. The van der Waals surface area contributed by atoms with E-state index in [1.165, 1.54) is 0 Å². The van der Waals surface area contributed by atoms with Crippen LogP contribution in [0.25, 0.3) is 0 Å². The molecule has 2 heteroatoms. The van der Waals surface area contributed by atoms with Gasteiger partial charge in [-0.15, -0.1) is 0 Å². The van der Waals surface area contributed by atoms with Gasteiger partial charge in [-0.3, -0.25) is 0 Å². The summed E-state index contributed by atoms with van der Waals surface area (Å²) in [6.45, 7) is 11.8. The van der Waals surface area contributed by atoms with Crippen LogP contribution in [0, 0.1) is 0 Å². The van der Waals surface area contributed by atoms with E-state index in [4.69, 9.17) is 4.74 Å². The van der Waals surface area contributed by atoms with Crippen LogP contribution in [0.3, 0.4) is 0 Å². The summed E-state index contributed by atoms with van der Waals surface area (Å²) in [6.07, 6.45) is 1.72. The van der Waals surface area contributed by atoms with Crippen LogP contribution >= 0.6 is 0 Å². The topological polar surface area (TPSA) is 29.5 Å². The predicted molar refractivity (Wildman–Crippen MR) is 55.8 cm³/mol. The molecule has 0 aromatic carbocycles. The standard InChI is InChI=1S/C11H24O2/c1-7-9(11(5,6)12)13-10(3,4)8-2/h9,12H,7-8H2,1-6H3. The Bertz CT molecular complexity index is 145. The van der Waals surface area contributed by atoms with Crippen LogP contribution in [0.5, 0.6) is 0 Å². The minimum atomic E-state index is -0.749. The first-order chi connectivity index (χ1) is 5.73. The van der Waals surface area contributed by atoms with Crippen molar-refractivity contribution in [3.05, 3.63) is 0 Å². The van der Waals surface area contributed by atoms with Gasteiger partial charge in [-0.1, -0.05) is 13.8 Å². The summed E-state index contributed by atoms with van der Waals surface area (Å²) in [5.41, 5.74) is -0.887. The van der Waals surface area contributed by atoms with E-state index in [1.54, 1.807) is 13.8 Å². The van der Waals surface area contributed by atoms with Crippen LogP contribution in [0.2, 0.25) is 0 Å². The molecule has 1 atom stereocenters. The van der Waals surface area contributed by atoms with Crippen molar-refractivity contribution in [2.75, 3.05) is 0 Å². The zero-order valence-corrected chi connectivity index (χ0v) is 9.85. The first kappa shape index (κ1) is 12.9. The molecule has 0 bridgehead atoms. The molecule has 0 aromatic rings. The number of ether oxygens (including phenoxy) is 1. The summed E-state index contributed by atoms with van der Waals surface area (Å²) < 4.78 is 5.85. The first-order valence-electron chi connectivity index (χ1n) is 5.13. The van der Waals surface area contributed by atoms with E-state index in [9.17, 15) is 5.11 Å². The lowest BCUT2D eigenvalue weighted by atomic mass is 9.97. The molecular weight excluding hydrogens is 164 g/mol. The van der Waals surface area contributed by atoms with Crippen molar-refractivity contribution in [1.82, 2.24) is 0 Å². The lowest BCUT2D eigenvalue weighted by Gasteiger charge is -2.36. The Labute approximate surface area is 82.3 Å². The van der Waals surface area contributed by atoms with Gasteiger partial charge < -0.3 is 9.84 Å². The quantitative estimate of drug-likeness (QED) is 0.719. The van der Waals surface area contributed by atoms with E-state index in [2.05, 4.69) is 20.8 Å².